The molecule has 7 nitrogen and oxygen atoms in total. The van der Waals surface area contributed by atoms with Crippen LogP contribution in [0.4, 0.5) is 21.9 Å². The minimum absolute atomic E-state index is 0.00953. The second-order valence-corrected chi connectivity index (χ2v) is 13.0. The number of phenols is 1. The maximum Gasteiger partial charge on any atom is 0.323 e. The molecular weight excluding hydrogens is 574 g/mol. The van der Waals surface area contributed by atoms with Gasteiger partial charge in [-0.05, 0) is 73.3 Å². The van der Waals surface area contributed by atoms with Crippen molar-refractivity contribution in [3.05, 3.63) is 76.3 Å². The van der Waals surface area contributed by atoms with E-state index in [-0.39, 0.29) is 38.9 Å². The summed E-state index contributed by atoms with van der Waals surface area (Å²) in [5.41, 5.74) is 3.48. The summed E-state index contributed by atoms with van der Waals surface area (Å²) in [7, 11) is 0. The zero-order valence-electron chi connectivity index (χ0n) is 27.4. The highest BCUT2D eigenvalue weighted by molar-refractivity contribution is 6.34. The lowest BCUT2D eigenvalue weighted by Crippen LogP contribution is -2.34. The topological polar surface area (TPSA) is 99.7 Å². The molecule has 0 aliphatic heterocycles. The Labute approximate surface area is 267 Å². The number of halogens is 1. The summed E-state index contributed by atoms with van der Waals surface area (Å²) in [6.45, 7) is 16.9. The molecule has 1 unspecified atom stereocenters. The molecule has 8 heteroatoms. The number of phenolic OH excluding ortho intramolecular Hbond substituents is 1. The Balaban J connectivity index is 1.88. The van der Waals surface area contributed by atoms with Crippen LogP contribution in [0.25, 0.3) is 0 Å². The van der Waals surface area contributed by atoms with E-state index in [4.69, 9.17) is 16.3 Å². The van der Waals surface area contributed by atoms with Crippen LogP contribution < -0.4 is 20.7 Å². The number of ether oxygens (including phenoxy) is 1. The Morgan fingerprint density at radius 1 is 0.909 bits per heavy atom. The van der Waals surface area contributed by atoms with Gasteiger partial charge in [-0.2, -0.15) is 0 Å². The molecule has 44 heavy (non-hydrogen) atoms. The largest absolute Gasteiger partial charge is 0.505 e. The molecule has 3 amide bonds. The van der Waals surface area contributed by atoms with Crippen LogP contribution >= 0.6 is 11.6 Å². The number of carbonyl (C=O) groups excluding carboxylic acids is 2. The van der Waals surface area contributed by atoms with Crippen molar-refractivity contribution in [1.82, 2.24) is 0 Å². The zero-order chi connectivity index (χ0) is 32.7. The number of urea groups is 1. The number of rotatable bonds is 13. The molecule has 3 rings (SSSR count). The van der Waals surface area contributed by atoms with Gasteiger partial charge in [0, 0.05) is 16.8 Å². The minimum atomic E-state index is -0.779. The van der Waals surface area contributed by atoms with E-state index in [2.05, 4.69) is 76.5 Å². The molecule has 1 atom stereocenters. The van der Waals surface area contributed by atoms with Gasteiger partial charge in [-0.15, -0.1) is 0 Å². The fourth-order valence-corrected chi connectivity index (χ4v) is 5.09. The highest BCUT2D eigenvalue weighted by Gasteiger charge is 2.30. The summed E-state index contributed by atoms with van der Waals surface area (Å²) in [5, 5.41) is 19.3. The Kier molecular flexibility index (Phi) is 11.7. The van der Waals surface area contributed by atoms with Gasteiger partial charge < -0.3 is 25.8 Å². The molecule has 0 spiro atoms. The van der Waals surface area contributed by atoms with Crippen molar-refractivity contribution in [1.29, 1.82) is 0 Å². The first-order valence-corrected chi connectivity index (χ1v) is 15.9. The van der Waals surface area contributed by atoms with E-state index in [1.165, 1.54) is 11.6 Å². The Hall–Kier alpha value is -3.71. The number of carbonyl (C=O) groups is 2. The van der Waals surface area contributed by atoms with Crippen molar-refractivity contribution in [3.63, 3.8) is 0 Å². The highest BCUT2D eigenvalue weighted by Crippen LogP contribution is 2.41. The SMILES string of the molecule is CCCCC(Oc1ccc(C(C)(C)CC)cc1C(C)(C)CC)C(=O)Nc1c(Cl)cc(NC(=O)Nc2ccccc2)c(O)c1C. The lowest BCUT2D eigenvalue weighted by molar-refractivity contribution is -0.123. The van der Waals surface area contributed by atoms with E-state index < -0.39 is 12.1 Å². The maximum atomic E-state index is 13.8. The summed E-state index contributed by atoms with van der Waals surface area (Å²) in [6, 6.07) is 16.2. The molecule has 0 saturated carbocycles. The number of para-hydroxylation sites is 1. The van der Waals surface area contributed by atoms with Crippen LogP contribution in [0, 0.1) is 6.92 Å². The quantitative estimate of drug-likeness (QED) is 0.143. The molecule has 0 heterocycles. The van der Waals surface area contributed by atoms with E-state index in [0.717, 1.165) is 31.2 Å². The van der Waals surface area contributed by atoms with Gasteiger partial charge >= 0.3 is 6.03 Å². The molecule has 0 bridgehead atoms. The summed E-state index contributed by atoms with van der Waals surface area (Å²) in [6.07, 6.45) is 3.33. The van der Waals surface area contributed by atoms with E-state index in [1.807, 2.05) is 12.1 Å². The van der Waals surface area contributed by atoms with Gasteiger partial charge in [0.2, 0.25) is 0 Å². The van der Waals surface area contributed by atoms with Crippen LogP contribution in [0.1, 0.15) is 97.3 Å². The van der Waals surface area contributed by atoms with Gasteiger partial charge in [0.1, 0.15) is 11.5 Å². The van der Waals surface area contributed by atoms with Gasteiger partial charge in [0.25, 0.3) is 5.91 Å². The standard InChI is InChI=1S/C36H48ClN3O4/c1-9-12-18-30(44-29-20-19-24(35(5,6)10-2)21-26(29)36(7,8)11-3)33(42)40-31-23(4)32(41)28(22-27(31)37)39-34(43)38-25-16-14-13-15-17-25/h13-17,19-22,30,41H,9-12,18H2,1-8H3,(H,40,42)(H2,38,39,43). The van der Waals surface area contributed by atoms with Crippen LogP contribution in [0.3, 0.4) is 0 Å². The molecule has 0 fully saturated rings. The van der Waals surface area contributed by atoms with Gasteiger partial charge in [-0.1, -0.05) is 96.8 Å². The van der Waals surface area contributed by atoms with Crippen LogP contribution in [-0.4, -0.2) is 23.1 Å². The molecule has 0 aliphatic rings. The Morgan fingerprint density at radius 3 is 2.18 bits per heavy atom. The first-order chi connectivity index (χ1) is 20.7. The smallest absolute Gasteiger partial charge is 0.323 e. The number of unbranched alkanes of at least 4 members (excludes halogenated alkanes) is 1. The molecular formula is C36H48ClN3O4. The van der Waals surface area contributed by atoms with Crippen LogP contribution in [0.2, 0.25) is 5.02 Å². The van der Waals surface area contributed by atoms with Crippen LogP contribution in [0.5, 0.6) is 11.5 Å². The first kappa shape index (κ1) is 34.8. The minimum Gasteiger partial charge on any atom is -0.505 e. The number of nitrogens with one attached hydrogen (secondary N) is 3. The maximum absolute atomic E-state index is 13.8. The highest BCUT2D eigenvalue weighted by atomic mass is 35.5. The van der Waals surface area contributed by atoms with E-state index >= 15 is 0 Å². The number of anilines is 3. The van der Waals surface area contributed by atoms with Crippen molar-refractivity contribution >= 4 is 40.6 Å². The number of benzene rings is 3. The zero-order valence-corrected chi connectivity index (χ0v) is 28.1. The third-order valence-corrected chi connectivity index (χ3v) is 8.96. The predicted molar refractivity (Wildman–Crippen MR) is 183 cm³/mol. The van der Waals surface area contributed by atoms with Crippen molar-refractivity contribution in [2.75, 3.05) is 16.0 Å². The van der Waals surface area contributed by atoms with Gasteiger partial charge in [-0.25, -0.2) is 4.79 Å². The number of hydrogen-bond donors (Lipinski definition) is 4. The monoisotopic (exact) mass is 621 g/mol. The third-order valence-electron chi connectivity index (χ3n) is 8.66. The van der Waals surface area contributed by atoms with Crippen molar-refractivity contribution in [2.45, 2.75) is 104 Å². The second-order valence-electron chi connectivity index (χ2n) is 12.6. The van der Waals surface area contributed by atoms with Crippen molar-refractivity contribution in [3.8, 4) is 11.5 Å². The fourth-order valence-electron chi connectivity index (χ4n) is 4.79. The van der Waals surface area contributed by atoms with Gasteiger partial charge in [0.15, 0.2) is 6.10 Å². The van der Waals surface area contributed by atoms with Crippen LogP contribution in [0.15, 0.2) is 54.6 Å². The lowest BCUT2D eigenvalue weighted by Gasteiger charge is -2.31. The third kappa shape index (κ3) is 8.47. The van der Waals surface area contributed by atoms with Crippen molar-refractivity contribution < 1.29 is 19.4 Å². The lowest BCUT2D eigenvalue weighted by atomic mass is 9.76. The average Bonchev–Trinajstić information content (AvgIpc) is 3.00. The summed E-state index contributed by atoms with van der Waals surface area (Å²) in [5.74, 6) is 0.141. The summed E-state index contributed by atoms with van der Waals surface area (Å²) >= 11 is 6.60. The Morgan fingerprint density at radius 2 is 1.57 bits per heavy atom. The van der Waals surface area contributed by atoms with E-state index in [9.17, 15) is 14.7 Å². The second kappa shape index (κ2) is 14.8. The first-order valence-electron chi connectivity index (χ1n) is 15.5. The predicted octanol–water partition coefficient (Wildman–Crippen LogP) is 9.95. The normalized spacial score (nSPS) is 12.4. The molecule has 0 saturated heterocycles. The van der Waals surface area contributed by atoms with E-state index in [1.54, 1.807) is 31.2 Å². The molecule has 0 aliphatic carbocycles. The summed E-state index contributed by atoms with van der Waals surface area (Å²) in [4.78, 5) is 26.3. The van der Waals surface area contributed by atoms with Crippen molar-refractivity contribution in [2.24, 2.45) is 0 Å². The average molecular weight is 622 g/mol. The van der Waals surface area contributed by atoms with Crippen LogP contribution in [-0.2, 0) is 15.6 Å². The number of aromatic hydroxyl groups is 1. The number of amides is 3. The molecule has 3 aromatic rings. The van der Waals surface area contributed by atoms with Gasteiger partial charge in [-0.3, -0.25) is 4.79 Å². The fraction of sp³-hybridized carbons (Fsp3) is 0.444. The van der Waals surface area contributed by atoms with E-state index in [0.29, 0.717) is 23.4 Å². The molecule has 0 aromatic heterocycles. The Bertz CT molecular complexity index is 1450. The number of hydrogen-bond acceptors (Lipinski definition) is 4. The molecule has 4 N–H and O–H groups in total. The molecule has 3 aromatic carbocycles. The molecule has 0 radical (unpaired) electrons. The van der Waals surface area contributed by atoms with Gasteiger partial charge in [0.05, 0.1) is 16.4 Å². The molecule has 238 valence electrons. The summed E-state index contributed by atoms with van der Waals surface area (Å²) < 4.78 is 6.53.